The lowest BCUT2D eigenvalue weighted by atomic mass is 10.1. The Balaban J connectivity index is 1.38. The first-order chi connectivity index (χ1) is 20.1. The van der Waals surface area contributed by atoms with Crippen LogP contribution in [0.25, 0.3) is 16.5 Å². The monoisotopic (exact) mass is 608 g/mol. The standard InChI is InChI=1S/C29H32N6O5S2/c1-19-5-12-26(41-19)42(39,40)33-29(38)32-20-6-9-22(10-7-20)35-18-25(27(36)31-13-16-34-14-3-4-15-34)24-17-21(30-2)8-11-23(24)28(35)37/h5-12,17-18,30H,3-4,13-16H2,1-2H3,(H,31,36)(H2,32,33,38). The molecule has 0 spiro atoms. The number of aryl methyl sites for hydroxylation is 1. The van der Waals surface area contributed by atoms with Gasteiger partial charge in [0.1, 0.15) is 4.21 Å². The number of aromatic nitrogens is 1. The molecule has 4 aromatic rings. The van der Waals surface area contributed by atoms with Crippen LogP contribution in [0.3, 0.4) is 0 Å². The Kier molecular flexibility index (Phi) is 8.61. The summed E-state index contributed by atoms with van der Waals surface area (Å²) >= 11 is 1.06. The molecule has 1 aliphatic rings. The summed E-state index contributed by atoms with van der Waals surface area (Å²) in [6.07, 6.45) is 3.87. The Hall–Kier alpha value is -4.20. The van der Waals surface area contributed by atoms with Crippen LogP contribution in [-0.4, -0.2) is 63.0 Å². The molecule has 1 fully saturated rings. The Morgan fingerprint density at radius 2 is 1.67 bits per heavy atom. The third kappa shape index (κ3) is 6.48. The molecule has 0 atom stereocenters. The van der Waals surface area contributed by atoms with Crippen molar-refractivity contribution >= 4 is 55.4 Å². The summed E-state index contributed by atoms with van der Waals surface area (Å²) in [7, 11) is -2.23. The summed E-state index contributed by atoms with van der Waals surface area (Å²) in [6, 6.07) is 13.8. The first-order valence-corrected chi connectivity index (χ1v) is 15.8. The number of carbonyl (C=O) groups is 2. The van der Waals surface area contributed by atoms with Gasteiger partial charge in [0.05, 0.1) is 5.56 Å². The molecular formula is C29H32N6O5S2. The summed E-state index contributed by atoms with van der Waals surface area (Å²) in [4.78, 5) is 42.4. The van der Waals surface area contributed by atoms with E-state index in [1.165, 1.54) is 29.7 Å². The molecule has 0 saturated carbocycles. The van der Waals surface area contributed by atoms with Gasteiger partial charge in [-0.1, -0.05) is 0 Å². The number of likely N-dealkylation sites (tertiary alicyclic amines) is 1. The van der Waals surface area contributed by atoms with Gasteiger partial charge < -0.3 is 20.9 Å². The fraction of sp³-hybridized carbons (Fsp3) is 0.276. The van der Waals surface area contributed by atoms with Gasteiger partial charge in [0.2, 0.25) is 0 Å². The predicted octanol–water partition coefficient (Wildman–Crippen LogP) is 3.74. The van der Waals surface area contributed by atoms with E-state index in [9.17, 15) is 22.8 Å². The number of hydrogen-bond acceptors (Lipinski definition) is 8. The number of rotatable bonds is 9. The average molecular weight is 609 g/mol. The average Bonchev–Trinajstić information content (AvgIpc) is 3.65. The molecule has 11 nitrogen and oxygen atoms in total. The highest BCUT2D eigenvalue weighted by atomic mass is 32.2. The van der Waals surface area contributed by atoms with Crippen LogP contribution in [0, 0.1) is 6.92 Å². The van der Waals surface area contributed by atoms with Gasteiger partial charge in [-0.3, -0.25) is 14.2 Å². The normalized spacial score (nSPS) is 13.7. The molecule has 2 aromatic heterocycles. The van der Waals surface area contributed by atoms with E-state index >= 15 is 0 Å². The maximum absolute atomic E-state index is 13.5. The lowest BCUT2D eigenvalue weighted by Crippen LogP contribution is -2.34. The second-order valence-electron chi connectivity index (χ2n) is 10.0. The zero-order valence-corrected chi connectivity index (χ0v) is 24.9. The van der Waals surface area contributed by atoms with Crippen molar-refractivity contribution in [2.75, 3.05) is 43.9 Å². The number of hydrogen-bond donors (Lipinski definition) is 4. The van der Waals surface area contributed by atoms with E-state index in [0.29, 0.717) is 34.3 Å². The highest BCUT2D eigenvalue weighted by Gasteiger charge is 2.20. The second-order valence-corrected chi connectivity index (χ2v) is 13.2. The number of carbonyl (C=O) groups excluding carboxylic acids is 2. The van der Waals surface area contributed by atoms with Gasteiger partial charge in [0, 0.05) is 59.0 Å². The number of urea groups is 1. The zero-order chi connectivity index (χ0) is 29.9. The van der Waals surface area contributed by atoms with E-state index in [0.717, 1.165) is 41.5 Å². The fourth-order valence-corrected chi connectivity index (χ4v) is 7.08. The van der Waals surface area contributed by atoms with Crippen molar-refractivity contribution in [2.45, 2.75) is 24.0 Å². The summed E-state index contributed by atoms with van der Waals surface area (Å²) in [5.74, 6) is -0.279. The largest absolute Gasteiger partial charge is 0.388 e. The van der Waals surface area contributed by atoms with Crippen molar-refractivity contribution in [1.82, 2.24) is 19.5 Å². The first-order valence-electron chi connectivity index (χ1n) is 13.5. The van der Waals surface area contributed by atoms with Crippen molar-refractivity contribution in [3.8, 4) is 5.69 Å². The van der Waals surface area contributed by atoms with Crippen molar-refractivity contribution in [1.29, 1.82) is 0 Å². The lowest BCUT2D eigenvalue weighted by Gasteiger charge is -2.16. The first kappa shape index (κ1) is 29.3. The van der Waals surface area contributed by atoms with E-state index in [-0.39, 0.29) is 15.7 Å². The summed E-state index contributed by atoms with van der Waals surface area (Å²) in [6.45, 7) is 5.10. The number of nitrogens with zero attached hydrogens (tertiary/aromatic N) is 2. The van der Waals surface area contributed by atoms with E-state index in [2.05, 4.69) is 20.9 Å². The summed E-state index contributed by atoms with van der Waals surface area (Å²) in [5.41, 5.74) is 1.62. The molecular weight excluding hydrogens is 576 g/mol. The minimum atomic E-state index is -4.00. The van der Waals surface area contributed by atoms with Crippen molar-refractivity contribution in [2.24, 2.45) is 0 Å². The van der Waals surface area contributed by atoms with Crippen LogP contribution in [0.5, 0.6) is 0 Å². The number of sulfonamides is 1. The Bertz CT molecular complexity index is 1790. The Labute approximate surface area is 247 Å². The van der Waals surface area contributed by atoms with E-state index in [1.807, 2.05) is 4.72 Å². The maximum atomic E-state index is 13.5. The highest BCUT2D eigenvalue weighted by molar-refractivity contribution is 7.92. The van der Waals surface area contributed by atoms with Crippen molar-refractivity contribution in [3.63, 3.8) is 0 Å². The fourth-order valence-electron chi connectivity index (χ4n) is 4.89. The minimum Gasteiger partial charge on any atom is -0.388 e. The van der Waals surface area contributed by atoms with Gasteiger partial charge in [-0.05, 0) is 87.5 Å². The quantitative estimate of drug-likeness (QED) is 0.227. The number of benzene rings is 2. The summed E-state index contributed by atoms with van der Waals surface area (Å²) < 4.78 is 28.3. The van der Waals surface area contributed by atoms with Crippen LogP contribution in [0.1, 0.15) is 28.1 Å². The molecule has 3 heterocycles. The molecule has 5 rings (SSSR count). The topological polar surface area (TPSA) is 142 Å². The molecule has 42 heavy (non-hydrogen) atoms. The molecule has 0 unspecified atom stereocenters. The molecule has 0 bridgehead atoms. The van der Waals surface area contributed by atoms with Crippen LogP contribution in [0.4, 0.5) is 16.2 Å². The third-order valence-corrected chi connectivity index (χ3v) is 9.90. The van der Waals surface area contributed by atoms with Gasteiger partial charge in [-0.15, -0.1) is 11.3 Å². The predicted molar refractivity (Wildman–Crippen MR) is 165 cm³/mol. The SMILES string of the molecule is CNc1ccc2c(=O)n(-c3ccc(NC(=O)NS(=O)(=O)c4ccc(C)s4)cc3)cc(C(=O)NCCN3CCCC3)c2c1. The maximum Gasteiger partial charge on any atom is 0.333 e. The van der Waals surface area contributed by atoms with Gasteiger partial charge >= 0.3 is 6.03 Å². The minimum absolute atomic E-state index is 0.0407. The molecule has 2 aromatic carbocycles. The van der Waals surface area contributed by atoms with E-state index < -0.39 is 16.1 Å². The second kappa shape index (κ2) is 12.3. The van der Waals surface area contributed by atoms with E-state index in [1.54, 1.807) is 62.5 Å². The number of pyridine rings is 1. The van der Waals surface area contributed by atoms with Gasteiger partial charge in [-0.2, -0.15) is 0 Å². The smallest absolute Gasteiger partial charge is 0.333 e. The number of fused-ring (bicyclic) bond motifs is 1. The Morgan fingerprint density at radius 1 is 0.952 bits per heavy atom. The highest BCUT2D eigenvalue weighted by Crippen LogP contribution is 2.23. The number of nitrogens with one attached hydrogen (secondary N) is 4. The van der Waals surface area contributed by atoms with Crippen LogP contribution in [-0.2, 0) is 10.0 Å². The van der Waals surface area contributed by atoms with Gasteiger partial charge in [0.15, 0.2) is 0 Å². The molecule has 0 aliphatic carbocycles. The number of anilines is 2. The lowest BCUT2D eigenvalue weighted by molar-refractivity contribution is 0.0951. The zero-order valence-electron chi connectivity index (χ0n) is 23.3. The molecule has 13 heteroatoms. The molecule has 1 saturated heterocycles. The van der Waals surface area contributed by atoms with E-state index in [4.69, 9.17) is 0 Å². The molecule has 1 aliphatic heterocycles. The Morgan fingerprint density at radius 3 is 2.33 bits per heavy atom. The number of thiophene rings is 1. The van der Waals surface area contributed by atoms with Crippen molar-refractivity contribution < 1.29 is 18.0 Å². The van der Waals surface area contributed by atoms with Crippen molar-refractivity contribution in [3.05, 3.63) is 81.6 Å². The van der Waals surface area contributed by atoms with Crippen LogP contribution in [0.2, 0.25) is 0 Å². The van der Waals surface area contributed by atoms with Gasteiger partial charge in [0.25, 0.3) is 21.5 Å². The van der Waals surface area contributed by atoms with Crippen LogP contribution < -0.4 is 26.2 Å². The molecule has 220 valence electrons. The third-order valence-electron chi connectivity index (χ3n) is 7.07. The number of amides is 3. The molecule has 3 amide bonds. The van der Waals surface area contributed by atoms with Crippen LogP contribution >= 0.6 is 11.3 Å². The molecule has 0 radical (unpaired) electrons. The van der Waals surface area contributed by atoms with Gasteiger partial charge in [-0.25, -0.2) is 17.9 Å². The summed E-state index contributed by atoms with van der Waals surface area (Å²) in [5, 5.41) is 9.48. The molecule has 4 N–H and O–H groups in total. The van der Waals surface area contributed by atoms with Crippen LogP contribution in [0.15, 0.2) is 69.8 Å².